The molecule has 0 unspecified atom stereocenters. The van der Waals surface area contributed by atoms with Crippen molar-refractivity contribution in [3.05, 3.63) is 71.8 Å². The van der Waals surface area contributed by atoms with Crippen LogP contribution in [0.5, 0.6) is 0 Å². The van der Waals surface area contributed by atoms with Crippen LogP contribution in [0.1, 0.15) is 12.0 Å². The smallest absolute Gasteiger partial charge is 0.230 e. The van der Waals surface area contributed by atoms with Gasteiger partial charge < -0.3 is 5.32 Å². The van der Waals surface area contributed by atoms with E-state index in [0.717, 1.165) is 12.1 Å². The minimum Gasteiger partial charge on any atom is -0.324 e. The SMILES string of the molecule is O=C1CC(c2ccnnc2)=Nc2ccc(-c3ccc(F)c(F)c3F)cc2N1. The summed E-state index contributed by atoms with van der Waals surface area (Å²) in [7, 11) is 0. The molecule has 1 aliphatic heterocycles. The van der Waals surface area contributed by atoms with Crippen molar-refractivity contribution in [1.82, 2.24) is 10.2 Å². The molecule has 1 N–H and O–H groups in total. The summed E-state index contributed by atoms with van der Waals surface area (Å²) in [4.78, 5) is 16.7. The number of anilines is 1. The van der Waals surface area contributed by atoms with Gasteiger partial charge in [-0.15, -0.1) is 0 Å². The van der Waals surface area contributed by atoms with Crippen molar-refractivity contribution < 1.29 is 18.0 Å². The molecular formula is C19H11F3N4O. The minimum absolute atomic E-state index is 0.0231. The van der Waals surface area contributed by atoms with Crippen molar-refractivity contribution in [2.24, 2.45) is 4.99 Å². The lowest BCUT2D eigenvalue weighted by Gasteiger charge is -2.09. The zero-order valence-corrected chi connectivity index (χ0v) is 13.7. The summed E-state index contributed by atoms with van der Waals surface area (Å²) in [5.41, 5.74) is 2.14. The molecule has 0 radical (unpaired) electrons. The molecular weight excluding hydrogens is 357 g/mol. The van der Waals surface area contributed by atoms with E-state index in [1.807, 2.05) is 0 Å². The maximum atomic E-state index is 14.1. The van der Waals surface area contributed by atoms with Crippen LogP contribution < -0.4 is 5.32 Å². The van der Waals surface area contributed by atoms with Gasteiger partial charge in [0, 0.05) is 11.1 Å². The number of carbonyl (C=O) groups excluding carboxylic acids is 1. The van der Waals surface area contributed by atoms with Crippen LogP contribution in [0.15, 0.2) is 53.8 Å². The van der Waals surface area contributed by atoms with Crippen LogP contribution >= 0.6 is 0 Å². The van der Waals surface area contributed by atoms with Crippen molar-refractivity contribution in [2.75, 3.05) is 5.32 Å². The topological polar surface area (TPSA) is 67.2 Å². The molecule has 0 atom stereocenters. The monoisotopic (exact) mass is 368 g/mol. The van der Waals surface area contributed by atoms with Crippen molar-refractivity contribution in [2.45, 2.75) is 6.42 Å². The molecule has 2 aromatic carbocycles. The Kier molecular flexibility index (Phi) is 4.15. The molecule has 27 heavy (non-hydrogen) atoms. The van der Waals surface area contributed by atoms with Crippen molar-refractivity contribution >= 4 is 23.0 Å². The average Bonchev–Trinajstić information content (AvgIpc) is 2.84. The van der Waals surface area contributed by atoms with Gasteiger partial charge in [-0.2, -0.15) is 10.2 Å². The molecule has 0 spiro atoms. The lowest BCUT2D eigenvalue weighted by molar-refractivity contribution is -0.115. The zero-order chi connectivity index (χ0) is 19.0. The second kappa shape index (κ2) is 6.64. The van der Waals surface area contributed by atoms with Gasteiger partial charge in [0.2, 0.25) is 5.91 Å². The third kappa shape index (κ3) is 3.17. The highest BCUT2D eigenvalue weighted by atomic mass is 19.2. The third-order valence-corrected chi connectivity index (χ3v) is 4.12. The van der Waals surface area contributed by atoms with E-state index in [2.05, 4.69) is 20.5 Å². The highest BCUT2D eigenvalue weighted by molar-refractivity contribution is 6.16. The van der Waals surface area contributed by atoms with Crippen molar-refractivity contribution in [3.63, 3.8) is 0 Å². The number of rotatable bonds is 2. The molecule has 0 fully saturated rings. The average molecular weight is 368 g/mol. The van der Waals surface area contributed by atoms with Gasteiger partial charge in [0.15, 0.2) is 17.5 Å². The van der Waals surface area contributed by atoms with E-state index >= 15 is 0 Å². The van der Waals surface area contributed by atoms with E-state index in [0.29, 0.717) is 22.6 Å². The third-order valence-electron chi connectivity index (χ3n) is 4.12. The summed E-state index contributed by atoms with van der Waals surface area (Å²) in [5, 5.41) is 10.2. The number of benzene rings is 2. The van der Waals surface area contributed by atoms with Crippen LogP contribution in [0.3, 0.4) is 0 Å². The van der Waals surface area contributed by atoms with Crippen LogP contribution in [0.2, 0.25) is 0 Å². The lowest BCUT2D eigenvalue weighted by Crippen LogP contribution is -2.15. The van der Waals surface area contributed by atoms with Crippen molar-refractivity contribution in [1.29, 1.82) is 0 Å². The number of hydrogen-bond donors (Lipinski definition) is 1. The van der Waals surface area contributed by atoms with Crippen LogP contribution in [-0.4, -0.2) is 21.8 Å². The highest BCUT2D eigenvalue weighted by Gasteiger charge is 2.20. The lowest BCUT2D eigenvalue weighted by atomic mass is 10.0. The first-order chi connectivity index (χ1) is 13.0. The molecule has 0 aliphatic carbocycles. The molecule has 0 saturated heterocycles. The van der Waals surface area contributed by atoms with Crippen LogP contribution in [0, 0.1) is 17.5 Å². The first-order valence-electron chi connectivity index (χ1n) is 7.95. The number of aromatic nitrogens is 2. The second-order valence-electron chi connectivity index (χ2n) is 5.87. The normalized spacial score (nSPS) is 13.4. The molecule has 1 aliphatic rings. The maximum absolute atomic E-state index is 14.1. The second-order valence-corrected chi connectivity index (χ2v) is 5.87. The molecule has 1 amide bonds. The molecule has 4 rings (SSSR count). The van der Waals surface area contributed by atoms with Gasteiger partial charge in [-0.25, -0.2) is 13.2 Å². The number of amides is 1. The van der Waals surface area contributed by atoms with Gasteiger partial charge in [0.1, 0.15) is 0 Å². The largest absolute Gasteiger partial charge is 0.324 e. The van der Waals surface area contributed by atoms with Crippen molar-refractivity contribution in [3.8, 4) is 11.1 Å². The Bertz CT molecular complexity index is 1080. The van der Waals surface area contributed by atoms with Crippen LogP contribution in [0.4, 0.5) is 24.5 Å². The number of aliphatic imine (C=N–C) groups is 1. The van der Waals surface area contributed by atoms with E-state index in [-0.39, 0.29) is 23.5 Å². The Morgan fingerprint density at radius 1 is 0.926 bits per heavy atom. The standard InChI is InChI=1S/C19H11F3N4O/c20-13-3-2-12(18(21)19(13)22)10-1-4-14-16(7-10)26-17(27)8-15(25-14)11-5-6-23-24-9-11/h1-7,9H,8H2,(H,26,27). The summed E-state index contributed by atoms with van der Waals surface area (Å²) in [5.74, 6) is -4.41. The molecule has 0 saturated carbocycles. The predicted molar refractivity (Wildman–Crippen MR) is 93.2 cm³/mol. The molecule has 134 valence electrons. The molecule has 0 bridgehead atoms. The number of hydrogen-bond acceptors (Lipinski definition) is 4. The fourth-order valence-corrected chi connectivity index (χ4v) is 2.81. The summed E-state index contributed by atoms with van der Waals surface area (Å²) in [6.45, 7) is 0. The summed E-state index contributed by atoms with van der Waals surface area (Å²) >= 11 is 0. The number of carbonyl (C=O) groups is 1. The number of nitrogens with one attached hydrogen (secondary N) is 1. The van der Waals surface area contributed by atoms with E-state index in [1.165, 1.54) is 24.5 Å². The predicted octanol–water partition coefficient (Wildman–Crippen LogP) is 4.02. The maximum Gasteiger partial charge on any atom is 0.230 e. The molecule has 5 nitrogen and oxygen atoms in total. The molecule has 1 aromatic heterocycles. The van der Waals surface area contributed by atoms with Gasteiger partial charge in [-0.05, 0) is 35.9 Å². The summed E-state index contributed by atoms with van der Waals surface area (Å²) < 4.78 is 40.8. The first-order valence-corrected chi connectivity index (χ1v) is 7.95. The Hall–Kier alpha value is -3.55. The Morgan fingerprint density at radius 3 is 2.56 bits per heavy atom. The fourth-order valence-electron chi connectivity index (χ4n) is 2.81. The van der Waals surface area contributed by atoms with Gasteiger partial charge in [-0.3, -0.25) is 9.79 Å². The number of halogens is 3. The van der Waals surface area contributed by atoms with Gasteiger partial charge >= 0.3 is 0 Å². The van der Waals surface area contributed by atoms with E-state index in [1.54, 1.807) is 12.1 Å². The highest BCUT2D eigenvalue weighted by Crippen LogP contribution is 2.35. The zero-order valence-electron chi connectivity index (χ0n) is 13.7. The number of fused-ring (bicyclic) bond motifs is 1. The summed E-state index contributed by atoms with van der Waals surface area (Å²) in [6, 6.07) is 8.26. The fraction of sp³-hybridized carbons (Fsp3) is 0.0526. The first kappa shape index (κ1) is 16.9. The molecule has 8 heteroatoms. The van der Waals surface area contributed by atoms with E-state index in [4.69, 9.17) is 0 Å². The van der Waals surface area contributed by atoms with Crippen LogP contribution in [0.25, 0.3) is 11.1 Å². The Balaban J connectivity index is 1.80. The Morgan fingerprint density at radius 2 is 1.78 bits per heavy atom. The summed E-state index contributed by atoms with van der Waals surface area (Å²) in [6.07, 6.45) is 3.02. The van der Waals surface area contributed by atoms with E-state index < -0.39 is 17.5 Å². The van der Waals surface area contributed by atoms with Gasteiger partial charge in [-0.1, -0.05) is 6.07 Å². The number of nitrogens with zero attached hydrogens (tertiary/aromatic N) is 3. The molecule has 2 heterocycles. The minimum atomic E-state index is -1.54. The van der Waals surface area contributed by atoms with E-state index in [9.17, 15) is 18.0 Å². The van der Waals surface area contributed by atoms with Crippen LogP contribution in [-0.2, 0) is 4.79 Å². The van der Waals surface area contributed by atoms with Gasteiger partial charge in [0.25, 0.3) is 0 Å². The molecule has 3 aromatic rings. The van der Waals surface area contributed by atoms with Gasteiger partial charge in [0.05, 0.1) is 35.9 Å². The Labute approximate surface area is 151 Å². The quantitative estimate of drug-likeness (QED) is 0.695.